The summed E-state index contributed by atoms with van der Waals surface area (Å²) in [6.07, 6.45) is 3.40. The van der Waals surface area contributed by atoms with Crippen molar-refractivity contribution in [3.63, 3.8) is 0 Å². The van der Waals surface area contributed by atoms with Gasteiger partial charge in [-0.3, -0.25) is 14.5 Å². The Kier molecular flexibility index (Phi) is 7.06. The van der Waals surface area contributed by atoms with Gasteiger partial charge in [0.05, 0.1) is 13.1 Å². The molecule has 1 aliphatic heterocycles. The molecule has 0 aromatic heterocycles. The molecule has 0 saturated carbocycles. The molecule has 2 N–H and O–H groups in total. The van der Waals surface area contributed by atoms with Crippen molar-refractivity contribution in [3.05, 3.63) is 24.3 Å². The first-order chi connectivity index (χ1) is 11.6. The minimum absolute atomic E-state index is 0.0536. The minimum Gasteiger partial charge on any atom is -0.372 e. The number of anilines is 2. The Morgan fingerprint density at radius 2 is 1.71 bits per heavy atom. The number of benzene rings is 1. The lowest BCUT2D eigenvalue weighted by atomic mass is 10.2. The van der Waals surface area contributed by atoms with Gasteiger partial charge in [-0.15, -0.1) is 0 Å². The Bertz CT molecular complexity index is 538. The summed E-state index contributed by atoms with van der Waals surface area (Å²) in [4.78, 5) is 27.8. The summed E-state index contributed by atoms with van der Waals surface area (Å²) in [5.41, 5.74) is 1.99. The summed E-state index contributed by atoms with van der Waals surface area (Å²) in [5.74, 6) is -0.170. The summed E-state index contributed by atoms with van der Waals surface area (Å²) in [6.45, 7) is 5.30. The standard InChI is InChI=1S/C18H28N4O2/c1-3-10-19-17(23)13-21(2)14-18(24)20-15-6-8-16(9-7-15)22-11-4-5-12-22/h6-9H,3-5,10-14H2,1-2H3,(H,19,23)(H,20,24). The van der Waals surface area contributed by atoms with Crippen molar-refractivity contribution < 1.29 is 9.59 Å². The lowest BCUT2D eigenvalue weighted by Gasteiger charge is -2.18. The minimum atomic E-state index is -0.116. The first kappa shape index (κ1) is 18.3. The summed E-state index contributed by atoms with van der Waals surface area (Å²) >= 11 is 0. The molecule has 0 radical (unpaired) electrons. The normalized spacial score (nSPS) is 14.0. The van der Waals surface area contributed by atoms with E-state index in [1.165, 1.54) is 18.5 Å². The quantitative estimate of drug-likeness (QED) is 0.760. The molecule has 1 aromatic carbocycles. The van der Waals surface area contributed by atoms with Crippen LogP contribution in [0.15, 0.2) is 24.3 Å². The van der Waals surface area contributed by atoms with Crippen molar-refractivity contribution >= 4 is 23.2 Å². The van der Waals surface area contributed by atoms with Crippen LogP contribution in [-0.4, -0.2) is 56.5 Å². The fraction of sp³-hybridized carbons (Fsp3) is 0.556. The molecule has 0 atom stereocenters. The van der Waals surface area contributed by atoms with Gasteiger partial charge in [-0.25, -0.2) is 0 Å². The fourth-order valence-corrected chi connectivity index (χ4v) is 2.80. The number of nitrogens with zero attached hydrogens (tertiary/aromatic N) is 2. The lowest BCUT2D eigenvalue weighted by Crippen LogP contribution is -2.39. The van der Waals surface area contributed by atoms with Crippen LogP contribution in [0.25, 0.3) is 0 Å². The van der Waals surface area contributed by atoms with E-state index in [0.29, 0.717) is 6.54 Å². The first-order valence-corrected chi connectivity index (χ1v) is 8.68. The first-order valence-electron chi connectivity index (χ1n) is 8.68. The molecule has 0 spiro atoms. The zero-order chi connectivity index (χ0) is 17.4. The molecular formula is C18H28N4O2. The average molecular weight is 332 g/mol. The summed E-state index contributed by atoms with van der Waals surface area (Å²) < 4.78 is 0. The second-order valence-corrected chi connectivity index (χ2v) is 6.31. The van der Waals surface area contributed by atoms with E-state index in [1.54, 1.807) is 11.9 Å². The Morgan fingerprint density at radius 1 is 1.08 bits per heavy atom. The van der Waals surface area contributed by atoms with Gasteiger partial charge in [0.15, 0.2) is 0 Å². The third-order valence-corrected chi connectivity index (χ3v) is 4.02. The Morgan fingerprint density at radius 3 is 2.33 bits per heavy atom. The van der Waals surface area contributed by atoms with Crippen LogP contribution in [0.5, 0.6) is 0 Å². The second-order valence-electron chi connectivity index (χ2n) is 6.31. The zero-order valence-corrected chi connectivity index (χ0v) is 14.7. The molecule has 6 heteroatoms. The van der Waals surface area contributed by atoms with Crippen LogP contribution in [-0.2, 0) is 9.59 Å². The molecular weight excluding hydrogens is 304 g/mol. The highest BCUT2D eigenvalue weighted by Gasteiger charge is 2.13. The average Bonchev–Trinajstić information content (AvgIpc) is 3.07. The maximum absolute atomic E-state index is 12.1. The predicted molar refractivity (Wildman–Crippen MR) is 97.3 cm³/mol. The van der Waals surface area contributed by atoms with E-state index in [1.807, 2.05) is 31.2 Å². The van der Waals surface area contributed by atoms with Crippen molar-refractivity contribution in [2.45, 2.75) is 26.2 Å². The highest BCUT2D eigenvalue weighted by Crippen LogP contribution is 2.21. The van der Waals surface area contributed by atoms with Crippen LogP contribution in [0.3, 0.4) is 0 Å². The molecule has 6 nitrogen and oxygen atoms in total. The van der Waals surface area contributed by atoms with Crippen LogP contribution in [0, 0.1) is 0 Å². The van der Waals surface area contributed by atoms with E-state index in [0.717, 1.165) is 25.2 Å². The molecule has 0 aliphatic carbocycles. The molecule has 0 unspecified atom stereocenters. The monoisotopic (exact) mass is 332 g/mol. The summed E-state index contributed by atoms with van der Waals surface area (Å²) in [7, 11) is 1.77. The van der Waals surface area contributed by atoms with Gasteiger partial charge in [0.1, 0.15) is 0 Å². The molecule has 1 saturated heterocycles. The van der Waals surface area contributed by atoms with E-state index < -0.39 is 0 Å². The van der Waals surface area contributed by atoms with Crippen molar-refractivity contribution in [1.82, 2.24) is 10.2 Å². The highest BCUT2D eigenvalue weighted by molar-refractivity contribution is 5.92. The van der Waals surface area contributed by atoms with Gasteiger partial charge < -0.3 is 15.5 Å². The summed E-state index contributed by atoms with van der Waals surface area (Å²) in [5, 5.41) is 5.68. The SMILES string of the molecule is CCCNC(=O)CN(C)CC(=O)Nc1ccc(N2CCCC2)cc1. The van der Waals surface area contributed by atoms with Gasteiger partial charge in [0.2, 0.25) is 11.8 Å². The smallest absolute Gasteiger partial charge is 0.238 e. The van der Waals surface area contributed by atoms with Crippen molar-refractivity contribution in [3.8, 4) is 0 Å². The zero-order valence-electron chi connectivity index (χ0n) is 14.7. The maximum Gasteiger partial charge on any atom is 0.238 e. The number of hydrogen-bond acceptors (Lipinski definition) is 4. The third kappa shape index (κ3) is 5.85. The maximum atomic E-state index is 12.1. The lowest BCUT2D eigenvalue weighted by molar-refractivity contribution is -0.122. The van der Waals surface area contributed by atoms with E-state index in [2.05, 4.69) is 15.5 Å². The van der Waals surface area contributed by atoms with Gasteiger partial charge >= 0.3 is 0 Å². The summed E-state index contributed by atoms with van der Waals surface area (Å²) in [6, 6.07) is 7.95. The predicted octanol–water partition coefficient (Wildman–Crippen LogP) is 1.68. The second kappa shape index (κ2) is 9.27. The topological polar surface area (TPSA) is 64.7 Å². The molecule has 2 rings (SSSR count). The molecule has 0 bridgehead atoms. The fourth-order valence-electron chi connectivity index (χ4n) is 2.80. The van der Waals surface area contributed by atoms with E-state index in [9.17, 15) is 9.59 Å². The van der Waals surface area contributed by atoms with Crippen molar-refractivity contribution in [1.29, 1.82) is 0 Å². The van der Waals surface area contributed by atoms with Gasteiger partial charge in [-0.05, 0) is 50.6 Å². The van der Waals surface area contributed by atoms with Gasteiger partial charge in [0, 0.05) is 31.0 Å². The Labute approximate surface area is 144 Å². The van der Waals surface area contributed by atoms with Gasteiger partial charge in [0.25, 0.3) is 0 Å². The van der Waals surface area contributed by atoms with Gasteiger partial charge in [-0.1, -0.05) is 6.92 Å². The van der Waals surface area contributed by atoms with Crippen molar-refractivity contribution in [2.75, 3.05) is 50.0 Å². The molecule has 132 valence electrons. The van der Waals surface area contributed by atoms with E-state index in [-0.39, 0.29) is 24.9 Å². The largest absolute Gasteiger partial charge is 0.372 e. The Balaban J connectivity index is 1.76. The van der Waals surface area contributed by atoms with Gasteiger partial charge in [-0.2, -0.15) is 0 Å². The van der Waals surface area contributed by atoms with Crippen LogP contribution in [0.1, 0.15) is 26.2 Å². The number of amides is 2. The molecule has 1 aromatic rings. The number of carbonyl (C=O) groups is 2. The highest BCUT2D eigenvalue weighted by atomic mass is 16.2. The number of nitrogens with one attached hydrogen (secondary N) is 2. The molecule has 1 heterocycles. The van der Waals surface area contributed by atoms with Crippen LogP contribution < -0.4 is 15.5 Å². The van der Waals surface area contributed by atoms with Crippen LogP contribution >= 0.6 is 0 Å². The van der Waals surface area contributed by atoms with Crippen LogP contribution in [0.4, 0.5) is 11.4 Å². The number of carbonyl (C=O) groups excluding carboxylic acids is 2. The molecule has 2 amide bonds. The number of likely N-dealkylation sites (N-methyl/N-ethyl adjacent to an activating group) is 1. The molecule has 1 aliphatic rings. The molecule has 1 fully saturated rings. The van der Waals surface area contributed by atoms with Crippen molar-refractivity contribution in [2.24, 2.45) is 0 Å². The number of hydrogen-bond donors (Lipinski definition) is 2. The number of rotatable bonds is 8. The van der Waals surface area contributed by atoms with E-state index >= 15 is 0 Å². The Hall–Kier alpha value is -2.08. The molecule has 24 heavy (non-hydrogen) atoms. The third-order valence-electron chi connectivity index (χ3n) is 4.02. The van der Waals surface area contributed by atoms with Crippen LogP contribution in [0.2, 0.25) is 0 Å². The van der Waals surface area contributed by atoms with E-state index in [4.69, 9.17) is 0 Å².